The van der Waals surface area contributed by atoms with E-state index in [-0.39, 0.29) is 24.3 Å². The van der Waals surface area contributed by atoms with Gasteiger partial charge in [-0.3, -0.25) is 14.4 Å². The zero-order valence-corrected chi connectivity index (χ0v) is 19.9. The summed E-state index contributed by atoms with van der Waals surface area (Å²) >= 11 is 0. The maximum atomic E-state index is 12.9. The van der Waals surface area contributed by atoms with Gasteiger partial charge in [0.15, 0.2) is 0 Å². The molecule has 200 valence electrons. The van der Waals surface area contributed by atoms with Crippen LogP contribution in [0.25, 0.3) is 0 Å². The first-order valence-electron chi connectivity index (χ1n) is 10.6. The second-order valence-corrected chi connectivity index (χ2v) is 9.04. The molecule has 5 amide bonds. The Morgan fingerprint density at radius 2 is 1.62 bits per heavy atom. The predicted molar refractivity (Wildman–Crippen MR) is 123 cm³/mol. The van der Waals surface area contributed by atoms with E-state index in [0.717, 1.165) is 24.3 Å². The van der Waals surface area contributed by atoms with Crippen molar-refractivity contribution in [2.24, 2.45) is 0 Å². The second-order valence-electron chi connectivity index (χ2n) is 7.36. The zero-order chi connectivity index (χ0) is 27.4. The first-order chi connectivity index (χ1) is 17.5. The van der Waals surface area contributed by atoms with Crippen molar-refractivity contribution in [1.29, 1.82) is 0 Å². The Bertz CT molecular complexity index is 1220. The molecule has 1 aromatic heterocycles. The highest BCUT2D eigenvalue weighted by molar-refractivity contribution is 7.90. The molecule has 0 aliphatic carbocycles. The number of amides is 5. The number of carbonyl (C=O) groups excluding carboxylic acids is 4. The lowest BCUT2D eigenvalue weighted by molar-refractivity contribution is -0.141. The van der Waals surface area contributed by atoms with Crippen molar-refractivity contribution in [3.8, 4) is 0 Å². The topological polar surface area (TPSA) is 229 Å². The molecule has 2 aromatic rings. The minimum absolute atomic E-state index is 0.0102. The van der Waals surface area contributed by atoms with E-state index in [2.05, 4.69) is 25.9 Å². The number of benzene rings is 1. The zero-order valence-electron chi connectivity index (χ0n) is 19.1. The number of aromatic nitrogens is 2. The molecule has 1 atom stereocenters. The number of aliphatic carboxylic acids is 1. The molecule has 0 spiro atoms. The third-order valence-corrected chi connectivity index (χ3v) is 5.84. The lowest BCUT2D eigenvalue weighted by Crippen LogP contribution is -2.46. The Hall–Kier alpha value is -4.54. The Labute approximate surface area is 209 Å². The number of sulfonamides is 1. The van der Waals surface area contributed by atoms with Crippen LogP contribution in [0.5, 0.6) is 0 Å². The van der Waals surface area contributed by atoms with Crippen LogP contribution in [0.2, 0.25) is 0 Å². The number of nitrogens with one attached hydrogen (secondary N) is 6. The number of urea groups is 1. The molecule has 0 aliphatic heterocycles. The van der Waals surface area contributed by atoms with Crippen LogP contribution in [0.3, 0.4) is 0 Å². The number of imidazole rings is 1. The highest BCUT2D eigenvalue weighted by Crippen LogP contribution is 2.09. The van der Waals surface area contributed by atoms with Crippen LogP contribution in [0.15, 0.2) is 41.7 Å². The summed E-state index contributed by atoms with van der Waals surface area (Å²) in [6.45, 7) is -1.30. The number of aromatic amines is 1. The lowest BCUT2D eigenvalue weighted by Gasteiger charge is -2.14. The van der Waals surface area contributed by atoms with Gasteiger partial charge in [0.05, 0.1) is 24.3 Å². The summed E-state index contributed by atoms with van der Waals surface area (Å²) < 4.78 is 38.6. The molecule has 0 radical (unpaired) electrons. The van der Waals surface area contributed by atoms with Gasteiger partial charge < -0.3 is 31.4 Å². The number of hydrogen-bond donors (Lipinski definition) is 7. The summed E-state index contributed by atoms with van der Waals surface area (Å²) in [5.41, 5.74) is 0.512. The summed E-state index contributed by atoms with van der Waals surface area (Å²) in [6, 6.07) is 1.28. The fraction of sp³-hybridized carbons (Fsp3) is 0.300. The lowest BCUT2D eigenvalue weighted by atomic mass is 10.1. The smallest absolute Gasteiger partial charge is 0.329 e. The molecule has 37 heavy (non-hydrogen) atoms. The third-order valence-electron chi connectivity index (χ3n) is 4.49. The van der Waals surface area contributed by atoms with E-state index < -0.39 is 64.7 Å². The van der Waals surface area contributed by atoms with Crippen LogP contribution in [-0.4, -0.2) is 78.9 Å². The van der Waals surface area contributed by atoms with Crippen LogP contribution in [0, 0.1) is 5.82 Å². The molecule has 17 heteroatoms. The number of hydrogen-bond acceptors (Lipinski definition) is 8. The highest BCUT2D eigenvalue weighted by Gasteiger charge is 2.21. The van der Waals surface area contributed by atoms with Crippen LogP contribution in [-0.2, 0) is 35.6 Å². The van der Waals surface area contributed by atoms with Crippen molar-refractivity contribution in [1.82, 2.24) is 36.0 Å². The molecule has 15 nitrogen and oxygen atoms in total. The number of carboxylic acid groups (broad SMARTS) is 1. The number of halogens is 1. The van der Waals surface area contributed by atoms with E-state index in [1.807, 2.05) is 5.32 Å². The fourth-order valence-corrected chi connectivity index (χ4v) is 3.62. The van der Waals surface area contributed by atoms with Crippen molar-refractivity contribution >= 4 is 39.7 Å². The molecule has 0 saturated carbocycles. The van der Waals surface area contributed by atoms with Crippen LogP contribution < -0.4 is 26.0 Å². The van der Waals surface area contributed by atoms with Gasteiger partial charge in [-0.05, 0) is 24.3 Å². The minimum Gasteiger partial charge on any atom is -0.480 e. The summed E-state index contributed by atoms with van der Waals surface area (Å²) in [6.07, 6.45) is 2.56. The van der Waals surface area contributed by atoms with E-state index in [4.69, 9.17) is 0 Å². The Balaban J connectivity index is 1.63. The third kappa shape index (κ3) is 10.3. The first-order valence-corrected chi connectivity index (χ1v) is 12.0. The van der Waals surface area contributed by atoms with Gasteiger partial charge in [-0.1, -0.05) is 0 Å². The van der Waals surface area contributed by atoms with Gasteiger partial charge in [-0.2, -0.15) is 0 Å². The van der Waals surface area contributed by atoms with E-state index in [1.54, 1.807) is 4.72 Å². The van der Waals surface area contributed by atoms with Gasteiger partial charge in [0.2, 0.25) is 17.7 Å². The summed E-state index contributed by atoms with van der Waals surface area (Å²) in [7, 11) is -4.29. The number of H-pyrrole nitrogens is 1. The molecule has 2 rings (SSSR count). The van der Waals surface area contributed by atoms with Crippen molar-refractivity contribution in [3.63, 3.8) is 0 Å². The minimum atomic E-state index is -4.29. The molecule has 7 N–H and O–H groups in total. The first kappa shape index (κ1) is 28.7. The van der Waals surface area contributed by atoms with E-state index in [0.29, 0.717) is 5.69 Å². The van der Waals surface area contributed by atoms with Crippen molar-refractivity contribution < 1.29 is 41.9 Å². The number of carbonyl (C=O) groups is 5. The monoisotopic (exact) mass is 541 g/mol. The Morgan fingerprint density at radius 1 is 0.973 bits per heavy atom. The van der Waals surface area contributed by atoms with Gasteiger partial charge in [-0.25, -0.2) is 32.1 Å². The van der Waals surface area contributed by atoms with E-state index in [9.17, 15) is 41.9 Å². The molecule has 0 bridgehead atoms. The molecule has 0 aliphatic rings. The van der Waals surface area contributed by atoms with Gasteiger partial charge in [0.25, 0.3) is 10.0 Å². The molecule has 0 unspecified atom stereocenters. The number of carboxylic acids is 1. The second kappa shape index (κ2) is 13.5. The van der Waals surface area contributed by atoms with Crippen LogP contribution in [0.4, 0.5) is 9.18 Å². The summed E-state index contributed by atoms with van der Waals surface area (Å²) in [4.78, 5) is 64.7. The SMILES string of the molecule is O=C(CNC(=O)CNC(=O)NS(=O)(=O)c1ccc(F)cc1)NCCC(=O)N[C@@H](Cc1cnc[nH]1)C(=O)O. The maximum absolute atomic E-state index is 12.9. The van der Waals surface area contributed by atoms with Crippen LogP contribution in [0.1, 0.15) is 12.1 Å². The molecule has 1 heterocycles. The molecule has 0 fully saturated rings. The highest BCUT2D eigenvalue weighted by atomic mass is 32.2. The number of nitrogens with zero attached hydrogens (tertiary/aromatic N) is 1. The molecular weight excluding hydrogens is 517 g/mol. The Kier molecular flexibility index (Phi) is 10.5. The van der Waals surface area contributed by atoms with Crippen molar-refractivity contribution in [3.05, 3.63) is 48.3 Å². The van der Waals surface area contributed by atoms with Crippen molar-refractivity contribution in [2.75, 3.05) is 19.6 Å². The predicted octanol–water partition coefficient (Wildman–Crippen LogP) is -2.03. The summed E-state index contributed by atoms with van der Waals surface area (Å²) in [5, 5.41) is 18.1. The normalized spacial score (nSPS) is 11.6. The van der Waals surface area contributed by atoms with Gasteiger partial charge in [-0.15, -0.1) is 0 Å². The maximum Gasteiger partial charge on any atom is 0.329 e. The van der Waals surface area contributed by atoms with Gasteiger partial charge in [0.1, 0.15) is 11.9 Å². The average Bonchev–Trinajstić information content (AvgIpc) is 3.34. The molecule has 1 aromatic carbocycles. The van der Waals surface area contributed by atoms with Gasteiger partial charge >= 0.3 is 12.0 Å². The number of rotatable bonds is 13. The largest absolute Gasteiger partial charge is 0.480 e. The standard InChI is InChI=1S/C20H24FN7O8S/c21-12-1-3-14(4-2-12)37(35,36)28-20(34)25-10-18(31)24-9-17(30)23-6-5-16(29)27-15(19(32)33)7-13-8-22-11-26-13/h1-4,8,11,15H,5-7,9-10H2,(H,22,26)(H,23,30)(H,24,31)(H,27,29)(H,32,33)(H2,25,28,34)/t15-/m0/s1. The average molecular weight is 542 g/mol. The quantitative estimate of drug-likeness (QED) is 0.148. The fourth-order valence-electron chi connectivity index (χ4n) is 2.69. The van der Waals surface area contributed by atoms with Crippen LogP contribution >= 0.6 is 0 Å². The Morgan fingerprint density at radius 3 is 2.24 bits per heavy atom. The molecule has 0 saturated heterocycles. The van der Waals surface area contributed by atoms with E-state index >= 15 is 0 Å². The van der Waals surface area contributed by atoms with E-state index in [1.165, 1.54) is 12.5 Å². The summed E-state index contributed by atoms with van der Waals surface area (Å²) in [5.74, 6) is -4.02. The van der Waals surface area contributed by atoms with Gasteiger partial charge in [0, 0.05) is 31.3 Å². The van der Waals surface area contributed by atoms with Crippen molar-refractivity contribution in [2.45, 2.75) is 23.8 Å². The molecular formula is C20H24FN7O8S.